The van der Waals surface area contributed by atoms with Crippen LogP contribution >= 0.6 is 0 Å². The first-order valence-corrected chi connectivity index (χ1v) is 14.1. The van der Waals surface area contributed by atoms with Crippen LogP contribution in [0.1, 0.15) is 132 Å². The van der Waals surface area contributed by atoms with Gasteiger partial charge >= 0.3 is 0 Å². The molecule has 1 N–H and O–H groups in total. The molecule has 0 aliphatic carbocycles. The van der Waals surface area contributed by atoms with Gasteiger partial charge in [0.25, 0.3) is 0 Å². The number of rotatable bonds is 20. The van der Waals surface area contributed by atoms with Gasteiger partial charge in [-0.15, -0.1) is 0 Å². The Morgan fingerprint density at radius 2 is 1.03 bits per heavy atom. The first-order valence-electron chi connectivity index (χ1n) is 14.1. The molecule has 0 aliphatic rings. The molecule has 1 unspecified atom stereocenters. The molecule has 0 aliphatic heterocycles. The standard InChI is InChI=1S/C33H59N/c1-28(2)16-11-19-31(5)22-12-20-29(3)17-9-10-18-30(4)21-13-23-32(6)24-14-25-33(7)26-15-27-34-8/h16-17,22-23,25,30,34H,9-15,18-21,24,26-27H2,1-8H3/b29-17+,31-22+,32-23+,33-25+. The maximum absolute atomic E-state index is 3.23. The minimum Gasteiger partial charge on any atom is -0.320 e. The Labute approximate surface area is 215 Å². The van der Waals surface area contributed by atoms with Crippen LogP contribution in [0.15, 0.2) is 58.2 Å². The third kappa shape index (κ3) is 22.5. The molecule has 0 aromatic rings. The summed E-state index contributed by atoms with van der Waals surface area (Å²) < 4.78 is 0. The van der Waals surface area contributed by atoms with E-state index in [-0.39, 0.29) is 0 Å². The Morgan fingerprint density at radius 3 is 1.56 bits per heavy atom. The molecule has 0 aromatic carbocycles. The predicted octanol–water partition coefficient (Wildman–Crippen LogP) is 10.7. The minimum atomic E-state index is 0.832. The molecule has 0 rings (SSSR count). The van der Waals surface area contributed by atoms with E-state index >= 15 is 0 Å². The SMILES string of the molecule is CNCCC/C(C)=C/CC/C(C)=C/CCC(C)CCC/C=C(\C)CC/C=C(\C)CCC=C(C)C. The third-order valence-corrected chi connectivity index (χ3v) is 6.70. The molecule has 34 heavy (non-hydrogen) atoms. The second kappa shape index (κ2) is 22.1. The summed E-state index contributed by atoms with van der Waals surface area (Å²) in [5, 5.41) is 3.23. The molecule has 0 heterocycles. The van der Waals surface area contributed by atoms with Gasteiger partial charge in [0.15, 0.2) is 0 Å². The molecule has 1 heteroatoms. The van der Waals surface area contributed by atoms with Crippen molar-refractivity contribution in [3.05, 3.63) is 58.2 Å². The summed E-state index contributed by atoms with van der Waals surface area (Å²) in [4.78, 5) is 0. The molecule has 196 valence electrons. The highest BCUT2D eigenvalue weighted by atomic mass is 14.8. The van der Waals surface area contributed by atoms with E-state index in [2.05, 4.69) is 84.2 Å². The van der Waals surface area contributed by atoms with E-state index in [1.54, 1.807) is 16.7 Å². The van der Waals surface area contributed by atoms with E-state index in [4.69, 9.17) is 0 Å². The number of hydrogen-bond donors (Lipinski definition) is 1. The number of nitrogens with one attached hydrogen (secondary N) is 1. The maximum Gasteiger partial charge on any atom is -0.00489 e. The number of allylic oxidation sites excluding steroid dienone is 10. The fourth-order valence-electron chi connectivity index (χ4n) is 4.21. The second-order valence-corrected chi connectivity index (χ2v) is 10.9. The van der Waals surface area contributed by atoms with Crippen LogP contribution in [0.2, 0.25) is 0 Å². The quantitative estimate of drug-likeness (QED) is 0.138. The van der Waals surface area contributed by atoms with Crippen molar-refractivity contribution in [2.75, 3.05) is 13.6 Å². The summed E-state index contributed by atoms with van der Waals surface area (Å²) >= 11 is 0. The zero-order valence-electron chi connectivity index (χ0n) is 24.4. The van der Waals surface area contributed by atoms with E-state index in [1.807, 2.05) is 7.05 Å². The summed E-state index contributed by atoms with van der Waals surface area (Å²) in [7, 11) is 2.03. The van der Waals surface area contributed by atoms with Crippen molar-refractivity contribution >= 4 is 0 Å². The van der Waals surface area contributed by atoms with Crippen LogP contribution < -0.4 is 5.32 Å². The van der Waals surface area contributed by atoms with Crippen LogP contribution in [0.25, 0.3) is 0 Å². The molecule has 0 aromatic heterocycles. The largest absolute Gasteiger partial charge is 0.320 e. The van der Waals surface area contributed by atoms with E-state index in [1.165, 1.54) is 94.6 Å². The smallest absolute Gasteiger partial charge is 0.00489 e. The molecule has 0 bridgehead atoms. The van der Waals surface area contributed by atoms with Gasteiger partial charge in [0.1, 0.15) is 0 Å². The van der Waals surface area contributed by atoms with Gasteiger partial charge in [0.05, 0.1) is 0 Å². The molecular formula is C33H59N. The Morgan fingerprint density at radius 1 is 0.559 bits per heavy atom. The fraction of sp³-hybridized carbons (Fsp3) is 0.697. The lowest BCUT2D eigenvalue weighted by Gasteiger charge is -2.09. The predicted molar refractivity (Wildman–Crippen MR) is 158 cm³/mol. The van der Waals surface area contributed by atoms with Gasteiger partial charge in [-0.05, 0) is 138 Å². The lowest BCUT2D eigenvalue weighted by atomic mass is 9.97. The van der Waals surface area contributed by atoms with Gasteiger partial charge < -0.3 is 5.32 Å². The summed E-state index contributed by atoms with van der Waals surface area (Å²) in [6, 6.07) is 0. The van der Waals surface area contributed by atoms with E-state index in [0.29, 0.717) is 0 Å². The zero-order chi connectivity index (χ0) is 25.6. The van der Waals surface area contributed by atoms with Crippen molar-refractivity contribution in [3.8, 4) is 0 Å². The Hall–Kier alpha value is -1.34. The highest BCUT2D eigenvalue weighted by molar-refractivity contribution is 5.06. The Bertz CT molecular complexity index is 652. The average molecular weight is 470 g/mol. The summed E-state index contributed by atoms with van der Waals surface area (Å²) in [6.45, 7) is 17.1. The lowest BCUT2D eigenvalue weighted by Crippen LogP contribution is -2.07. The van der Waals surface area contributed by atoms with Crippen molar-refractivity contribution in [1.29, 1.82) is 0 Å². The second-order valence-electron chi connectivity index (χ2n) is 10.9. The zero-order valence-corrected chi connectivity index (χ0v) is 24.4. The van der Waals surface area contributed by atoms with E-state index in [0.717, 1.165) is 12.5 Å². The average Bonchev–Trinajstić information content (AvgIpc) is 2.76. The minimum absolute atomic E-state index is 0.832. The first kappa shape index (κ1) is 32.7. The first-order chi connectivity index (χ1) is 16.2. The van der Waals surface area contributed by atoms with Gasteiger partial charge in [0, 0.05) is 0 Å². The highest BCUT2D eigenvalue weighted by Gasteiger charge is 2.01. The monoisotopic (exact) mass is 469 g/mol. The highest BCUT2D eigenvalue weighted by Crippen LogP contribution is 2.18. The number of hydrogen-bond acceptors (Lipinski definition) is 1. The molecule has 0 spiro atoms. The Kier molecular flexibility index (Phi) is 21.3. The van der Waals surface area contributed by atoms with Crippen LogP contribution in [0.3, 0.4) is 0 Å². The summed E-state index contributed by atoms with van der Waals surface area (Å²) in [5.74, 6) is 0.832. The van der Waals surface area contributed by atoms with Crippen LogP contribution in [-0.2, 0) is 0 Å². The van der Waals surface area contributed by atoms with Gasteiger partial charge in [-0.1, -0.05) is 71.6 Å². The van der Waals surface area contributed by atoms with Crippen molar-refractivity contribution in [1.82, 2.24) is 5.32 Å². The normalized spacial score (nSPS) is 14.5. The van der Waals surface area contributed by atoms with E-state index < -0.39 is 0 Å². The van der Waals surface area contributed by atoms with Gasteiger partial charge in [-0.25, -0.2) is 0 Å². The molecule has 1 nitrogen and oxygen atoms in total. The van der Waals surface area contributed by atoms with Crippen molar-refractivity contribution < 1.29 is 0 Å². The molecule has 0 radical (unpaired) electrons. The third-order valence-electron chi connectivity index (χ3n) is 6.70. The van der Waals surface area contributed by atoms with Gasteiger partial charge in [-0.2, -0.15) is 0 Å². The van der Waals surface area contributed by atoms with Crippen molar-refractivity contribution in [3.63, 3.8) is 0 Å². The topological polar surface area (TPSA) is 12.0 Å². The molecule has 0 fully saturated rings. The summed E-state index contributed by atoms with van der Waals surface area (Å²) in [6.07, 6.45) is 28.4. The van der Waals surface area contributed by atoms with Crippen LogP contribution in [0.5, 0.6) is 0 Å². The van der Waals surface area contributed by atoms with Crippen molar-refractivity contribution in [2.24, 2.45) is 5.92 Å². The van der Waals surface area contributed by atoms with Crippen LogP contribution in [0, 0.1) is 5.92 Å². The van der Waals surface area contributed by atoms with Gasteiger partial charge in [-0.3, -0.25) is 0 Å². The fourth-order valence-corrected chi connectivity index (χ4v) is 4.21. The molecule has 0 saturated carbocycles. The maximum atomic E-state index is 3.23. The van der Waals surface area contributed by atoms with Crippen LogP contribution in [0.4, 0.5) is 0 Å². The van der Waals surface area contributed by atoms with Crippen molar-refractivity contribution in [2.45, 2.75) is 132 Å². The Balaban J connectivity index is 3.94. The van der Waals surface area contributed by atoms with Crippen LogP contribution in [-0.4, -0.2) is 13.6 Å². The molecular weight excluding hydrogens is 410 g/mol. The molecule has 0 saturated heterocycles. The number of unbranched alkanes of at least 4 members (excludes halogenated alkanes) is 1. The molecule has 1 atom stereocenters. The van der Waals surface area contributed by atoms with E-state index in [9.17, 15) is 0 Å². The summed E-state index contributed by atoms with van der Waals surface area (Å²) in [5.41, 5.74) is 7.63. The lowest BCUT2D eigenvalue weighted by molar-refractivity contribution is 0.480. The van der Waals surface area contributed by atoms with Gasteiger partial charge in [0.2, 0.25) is 0 Å². The molecule has 0 amide bonds.